The van der Waals surface area contributed by atoms with E-state index in [1.165, 1.54) is 44.9 Å². The Balaban J connectivity index is 1.63. The predicted molar refractivity (Wildman–Crippen MR) is 84.3 cm³/mol. The monoisotopic (exact) mass is 262 g/mol. The molecule has 0 saturated heterocycles. The van der Waals surface area contributed by atoms with Crippen molar-refractivity contribution in [3.8, 4) is 0 Å². The second-order valence-electron chi connectivity index (χ2n) is 6.44. The third-order valence-corrected chi connectivity index (χ3v) is 5.19. The number of hydrogen-bond acceptors (Lipinski definition) is 0. The van der Waals surface area contributed by atoms with Crippen LogP contribution in [-0.4, -0.2) is 0 Å². The third kappa shape index (κ3) is 2.18. The van der Waals surface area contributed by atoms with Crippen molar-refractivity contribution in [1.29, 1.82) is 0 Å². The summed E-state index contributed by atoms with van der Waals surface area (Å²) in [6, 6.07) is 16.3. The van der Waals surface area contributed by atoms with Gasteiger partial charge in [0.25, 0.3) is 0 Å². The lowest BCUT2D eigenvalue weighted by atomic mass is 9.78. The SMILES string of the molecule is c1ccc2c(c1)CCC(c1ccc3c(c1)CCCC3)C2. The van der Waals surface area contributed by atoms with Crippen LogP contribution in [0.5, 0.6) is 0 Å². The second-order valence-corrected chi connectivity index (χ2v) is 6.44. The van der Waals surface area contributed by atoms with Gasteiger partial charge in [-0.1, -0.05) is 42.5 Å². The van der Waals surface area contributed by atoms with Gasteiger partial charge in [-0.05, 0) is 78.7 Å². The zero-order chi connectivity index (χ0) is 13.4. The highest BCUT2D eigenvalue weighted by Crippen LogP contribution is 2.34. The van der Waals surface area contributed by atoms with Crippen molar-refractivity contribution in [2.24, 2.45) is 0 Å². The fourth-order valence-electron chi connectivity index (χ4n) is 3.99. The van der Waals surface area contributed by atoms with E-state index in [0.717, 1.165) is 5.92 Å². The van der Waals surface area contributed by atoms with Gasteiger partial charge < -0.3 is 0 Å². The first-order chi connectivity index (χ1) is 9.90. The summed E-state index contributed by atoms with van der Waals surface area (Å²) in [5.74, 6) is 0.733. The molecule has 2 aromatic carbocycles. The Kier molecular flexibility index (Phi) is 3.10. The highest BCUT2D eigenvalue weighted by molar-refractivity contribution is 5.38. The van der Waals surface area contributed by atoms with Crippen molar-refractivity contribution in [2.75, 3.05) is 0 Å². The van der Waals surface area contributed by atoms with Crippen LogP contribution < -0.4 is 0 Å². The van der Waals surface area contributed by atoms with Gasteiger partial charge in [-0.2, -0.15) is 0 Å². The Morgan fingerprint density at radius 1 is 0.700 bits per heavy atom. The Labute approximate surface area is 121 Å². The molecule has 0 radical (unpaired) electrons. The van der Waals surface area contributed by atoms with Gasteiger partial charge in [0.2, 0.25) is 0 Å². The normalized spacial score (nSPS) is 21.1. The molecule has 1 atom stereocenters. The predicted octanol–water partition coefficient (Wildman–Crippen LogP) is 4.84. The number of rotatable bonds is 1. The Morgan fingerprint density at radius 3 is 2.35 bits per heavy atom. The summed E-state index contributed by atoms with van der Waals surface area (Å²) in [5.41, 5.74) is 7.96. The zero-order valence-electron chi connectivity index (χ0n) is 12.1. The van der Waals surface area contributed by atoms with Gasteiger partial charge in [0, 0.05) is 0 Å². The summed E-state index contributed by atoms with van der Waals surface area (Å²) in [6.45, 7) is 0. The lowest BCUT2D eigenvalue weighted by Gasteiger charge is -2.26. The van der Waals surface area contributed by atoms with Crippen LogP contribution in [0.4, 0.5) is 0 Å². The van der Waals surface area contributed by atoms with Gasteiger partial charge in [0.15, 0.2) is 0 Å². The van der Waals surface area contributed by atoms with E-state index in [4.69, 9.17) is 0 Å². The Bertz CT molecular complexity index is 624. The zero-order valence-corrected chi connectivity index (χ0v) is 12.1. The summed E-state index contributed by atoms with van der Waals surface area (Å²) in [7, 11) is 0. The van der Waals surface area contributed by atoms with Crippen LogP contribution in [0, 0.1) is 0 Å². The molecular formula is C20H22. The minimum Gasteiger partial charge on any atom is -0.0620 e. The molecule has 0 N–H and O–H groups in total. The van der Waals surface area contributed by atoms with Crippen LogP contribution in [0.15, 0.2) is 42.5 Å². The topological polar surface area (TPSA) is 0 Å². The maximum absolute atomic E-state index is 2.52. The summed E-state index contributed by atoms with van der Waals surface area (Å²) in [6.07, 6.45) is 9.14. The van der Waals surface area contributed by atoms with Gasteiger partial charge in [-0.25, -0.2) is 0 Å². The molecule has 4 rings (SSSR count). The van der Waals surface area contributed by atoms with E-state index in [0.29, 0.717) is 0 Å². The average Bonchev–Trinajstić information content (AvgIpc) is 2.54. The lowest BCUT2D eigenvalue weighted by molar-refractivity contribution is 0.582. The number of aryl methyl sites for hydroxylation is 3. The molecule has 0 spiro atoms. The molecule has 0 nitrogen and oxygen atoms in total. The van der Waals surface area contributed by atoms with Crippen LogP contribution in [0.1, 0.15) is 53.0 Å². The van der Waals surface area contributed by atoms with E-state index in [-0.39, 0.29) is 0 Å². The first-order valence-electron chi connectivity index (χ1n) is 8.08. The lowest BCUT2D eigenvalue weighted by Crippen LogP contribution is -2.13. The first-order valence-corrected chi connectivity index (χ1v) is 8.08. The molecule has 0 aliphatic heterocycles. The van der Waals surface area contributed by atoms with Crippen molar-refractivity contribution in [3.63, 3.8) is 0 Å². The molecule has 0 aromatic heterocycles. The van der Waals surface area contributed by atoms with Crippen molar-refractivity contribution >= 4 is 0 Å². The molecule has 1 unspecified atom stereocenters. The number of fused-ring (bicyclic) bond motifs is 2. The molecule has 0 bridgehead atoms. The Hall–Kier alpha value is -1.56. The van der Waals surface area contributed by atoms with Gasteiger partial charge in [-0.15, -0.1) is 0 Å². The highest BCUT2D eigenvalue weighted by Gasteiger charge is 2.21. The molecule has 2 aliphatic carbocycles. The standard InChI is InChI=1S/C20H22/c1-3-7-17-13-19(11-9-15(17)5-1)20-12-10-16-6-2-4-8-18(16)14-20/h1,3,5,7,10,12,14,19H,2,4,6,8-9,11,13H2. The molecule has 2 aromatic rings. The summed E-state index contributed by atoms with van der Waals surface area (Å²) in [4.78, 5) is 0. The molecule has 0 fully saturated rings. The molecule has 0 amide bonds. The molecule has 102 valence electrons. The summed E-state index contributed by atoms with van der Waals surface area (Å²) in [5, 5.41) is 0. The van der Waals surface area contributed by atoms with Crippen LogP contribution in [0.2, 0.25) is 0 Å². The van der Waals surface area contributed by atoms with E-state index in [1.807, 2.05) is 0 Å². The van der Waals surface area contributed by atoms with Crippen LogP contribution in [0.25, 0.3) is 0 Å². The van der Waals surface area contributed by atoms with E-state index in [1.54, 1.807) is 27.8 Å². The van der Waals surface area contributed by atoms with Crippen molar-refractivity contribution in [1.82, 2.24) is 0 Å². The molecule has 2 aliphatic rings. The van der Waals surface area contributed by atoms with E-state index >= 15 is 0 Å². The van der Waals surface area contributed by atoms with Crippen LogP contribution >= 0.6 is 0 Å². The molecule has 20 heavy (non-hydrogen) atoms. The summed E-state index contributed by atoms with van der Waals surface area (Å²) >= 11 is 0. The van der Waals surface area contributed by atoms with E-state index < -0.39 is 0 Å². The van der Waals surface area contributed by atoms with Gasteiger partial charge in [0.1, 0.15) is 0 Å². The van der Waals surface area contributed by atoms with Crippen LogP contribution in [0.3, 0.4) is 0 Å². The third-order valence-electron chi connectivity index (χ3n) is 5.19. The summed E-state index contributed by atoms with van der Waals surface area (Å²) < 4.78 is 0. The van der Waals surface area contributed by atoms with Gasteiger partial charge >= 0.3 is 0 Å². The van der Waals surface area contributed by atoms with E-state index in [2.05, 4.69) is 42.5 Å². The molecule has 0 heterocycles. The second kappa shape index (κ2) is 5.09. The number of benzene rings is 2. The molecule has 0 saturated carbocycles. The average molecular weight is 262 g/mol. The number of hydrogen-bond donors (Lipinski definition) is 0. The first kappa shape index (κ1) is 12.2. The maximum atomic E-state index is 2.52. The fraction of sp³-hybridized carbons (Fsp3) is 0.400. The van der Waals surface area contributed by atoms with Crippen molar-refractivity contribution in [3.05, 3.63) is 70.3 Å². The Morgan fingerprint density at radius 2 is 1.45 bits per heavy atom. The van der Waals surface area contributed by atoms with E-state index in [9.17, 15) is 0 Å². The van der Waals surface area contributed by atoms with Crippen molar-refractivity contribution in [2.45, 2.75) is 50.9 Å². The van der Waals surface area contributed by atoms with Crippen LogP contribution in [-0.2, 0) is 25.7 Å². The highest BCUT2D eigenvalue weighted by atomic mass is 14.3. The maximum Gasteiger partial charge on any atom is -0.0118 e. The fourth-order valence-corrected chi connectivity index (χ4v) is 3.99. The smallest absolute Gasteiger partial charge is 0.0118 e. The molecular weight excluding hydrogens is 240 g/mol. The van der Waals surface area contributed by atoms with Crippen molar-refractivity contribution < 1.29 is 0 Å². The minimum atomic E-state index is 0.733. The molecule has 0 heteroatoms. The quantitative estimate of drug-likeness (QED) is 0.690. The van der Waals surface area contributed by atoms with Gasteiger partial charge in [-0.3, -0.25) is 0 Å². The minimum absolute atomic E-state index is 0.733. The largest absolute Gasteiger partial charge is 0.0620 e. The van der Waals surface area contributed by atoms with Gasteiger partial charge in [0.05, 0.1) is 0 Å².